The SMILES string of the molecule is O=Cc1cccc(C=O)c1C#CCC(=O)O. The number of aliphatic carboxylic acids is 1. The predicted octanol–water partition coefficient (Wildman–Crippen LogP) is 1.14. The minimum absolute atomic E-state index is 0.272. The molecular formula is C12H8O4. The Morgan fingerprint density at radius 2 is 1.81 bits per heavy atom. The van der Waals surface area contributed by atoms with Crippen molar-refractivity contribution < 1.29 is 19.5 Å². The summed E-state index contributed by atoms with van der Waals surface area (Å²) in [6.07, 6.45) is 0.834. The second kappa shape index (κ2) is 5.47. The molecule has 0 amide bonds. The third-order valence-corrected chi connectivity index (χ3v) is 1.84. The molecule has 0 saturated heterocycles. The van der Waals surface area contributed by atoms with Crippen LogP contribution < -0.4 is 0 Å². The molecule has 0 aromatic heterocycles. The van der Waals surface area contributed by atoms with Crippen LogP contribution in [-0.2, 0) is 4.79 Å². The lowest BCUT2D eigenvalue weighted by Crippen LogP contribution is -1.95. The normalized spacial score (nSPS) is 8.75. The molecule has 0 radical (unpaired) electrons. The number of carbonyl (C=O) groups is 3. The molecule has 0 saturated carbocycles. The summed E-state index contributed by atoms with van der Waals surface area (Å²) in [7, 11) is 0. The van der Waals surface area contributed by atoms with Crippen LogP contribution in [0.3, 0.4) is 0 Å². The Balaban J connectivity index is 3.16. The van der Waals surface area contributed by atoms with Gasteiger partial charge in [0.05, 0.1) is 0 Å². The first-order valence-electron chi connectivity index (χ1n) is 4.43. The third-order valence-electron chi connectivity index (χ3n) is 1.84. The van der Waals surface area contributed by atoms with Crippen LogP contribution in [0.4, 0.5) is 0 Å². The van der Waals surface area contributed by atoms with Gasteiger partial charge in [0.15, 0.2) is 12.6 Å². The Kier molecular flexibility index (Phi) is 3.98. The van der Waals surface area contributed by atoms with Crippen LogP contribution in [0.25, 0.3) is 0 Å². The number of hydrogen-bond donors (Lipinski definition) is 1. The number of rotatable bonds is 3. The van der Waals surface area contributed by atoms with Crippen LogP contribution in [0.15, 0.2) is 18.2 Å². The van der Waals surface area contributed by atoms with Crippen molar-refractivity contribution in [2.75, 3.05) is 0 Å². The molecule has 4 heteroatoms. The van der Waals surface area contributed by atoms with E-state index in [0.29, 0.717) is 12.6 Å². The Bertz CT molecular complexity index is 465. The number of carbonyl (C=O) groups excluding carboxylic acids is 2. The molecule has 0 unspecified atom stereocenters. The molecule has 0 aliphatic rings. The molecule has 16 heavy (non-hydrogen) atoms. The zero-order valence-corrected chi connectivity index (χ0v) is 8.27. The molecule has 0 fully saturated rings. The van der Waals surface area contributed by atoms with Crippen molar-refractivity contribution in [2.24, 2.45) is 0 Å². The fourth-order valence-electron chi connectivity index (χ4n) is 1.14. The van der Waals surface area contributed by atoms with Gasteiger partial charge in [-0.2, -0.15) is 0 Å². The summed E-state index contributed by atoms with van der Waals surface area (Å²) < 4.78 is 0. The van der Waals surface area contributed by atoms with E-state index in [1.807, 2.05) is 0 Å². The van der Waals surface area contributed by atoms with Crippen molar-refractivity contribution in [3.63, 3.8) is 0 Å². The average Bonchev–Trinajstić information content (AvgIpc) is 2.28. The minimum atomic E-state index is -1.05. The first kappa shape index (κ1) is 11.7. The van der Waals surface area contributed by atoms with E-state index in [0.717, 1.165) is 0 Å². The lowest BCUT2D eigenvalue weighted by molar-refractivity contribution is -0.135. The maximum atomic E-state index is 10.7. The highest BCUT2D eigenvalue weighted by molar-refractivity contribution is 5.88. The molecule has 0 atom stereocenters. The molecule has 1 rings (SSSR count). The molecule has 0 aliphatic carbocycles. The van der Waals surface area contributed by atoms with Gasteiger partial charge in [-0.05, 0) is 0 Å². The van der Waals surface area contributed by atoms with Gasteiger partial charge in [0.2, 0.25) is 0 Å². The third kappa shape index (κ3) is 2.79. The van der Waals surface area contributed by atoms with Crippen LogP contribution in [-0.4, -0.2) is 23.6 Å². The summed E-state index contributed by atoms with van der Waals surface area (Å²) in [6.45, 7) is 0. The fourth-order valence-corrected chi connectivity index (χ4v) is 1.14. The molecule has 80 valence electrons. The summed E-state index contributed by atoms with van der Waals surface area (Å²) in [6, 6.07) is 4.60. The molecule has 1 N–H and O–H groups in total. The van der Waals surface area contributed by atoms with Gasteiger partial charge in [0, 0.05) is 16.7 Å². The molecule has 0 aliphatic heterocycles. The number of carboxylic acid groups (broad SMARTS) is 1. The molecule has 1 aromatic carbocycles. The van der Waals surface area contributed by atoms with Crippen LogP contribution >= 0.6 is 0 Å². The van der Waals surface area contributed by atoms with Crippen LogP contribution in [0, 0.1) is 11.8 Å². The maximum Gasteiger partial charge on any atom is 0.315 e. The van der Waals surface area contributed by atoms with Gasteiger partial charge in [-0.25, -0.2) is 0 Å². The molecular weight excluding hydrogens is 208 g/mol. The summed E-state index contributed by atoms with van der Waals surface area (Å²) in [5.41, 5.74) is 0.832. The highest BCUT2D eigenvalue weighted by Crippen LogP contribution is 2.10. The van der Waals surface area contributed by atoms with E-state index in [1.54, 1.807) is 6.07 Å². The highest BCUT2D eigenvalue weighted by atomic mass is 16.4. The summed E-state index contributed by atoms with van der Waals surface area (Å²) in [4.78, 5) is 31.6. The summed E-state index contributed by atoms with van der Waals surface area (Å²) >= 11 is 0. The van der Waals surface area contributed by atoms with Crippen LogP contribution in [0.1, 0.15) is 32.7 Å². The lowest BCUT2D eigenvalue weighted by atomic mass is 10.0. The molecule has 0 heterocycles. The zero-order chi connectivity index (χ0) is 12.0. The van der Waals surface area contributed by atoms with Gasteiger partial charge in [0.1, 0.15) is 6.42 Å². The Labute approximate surface area is 91.9 Å². The van der Waals surface area contributed by atoms with Crippen LogP contribution in [0.5, 0.6) is 0 Å². The van der Waals surface area contributed by atoms with Crippen molar-refractivity contribution in [1.29, 1.82) is 0 Å². The fraction of sp³-hybridized carbons (Fsp3) is 0.0833. The molecule has 0 spiro atoms. The smallest absolute Gasteiger partial charge is 0.315 e. The molecule has 1 aromatic rings. The van der Waals surface area contributed by atoms with Crippen molar-refractivity contribution in [3.8, 4) is 11.8 Å². The van der Waals surface area contributed by atoms with E-state index < -0.39 is 5.97 Å². The van der Waals surface area contributed by atoms with E-state index in [9.17, 15) is 14.4 Å². The zero-order valence-electron chi connectivity index (χ0n) is 8.27. The van der Waals surface area contributed by atoms with Gasteiger partial charge in [-0.3, -0.25) is 14.4 Å². The Hall–Kier alpha value is -2.41. The van der Waals surface area contributed by atoms with E-state index in [-0.39, 0.29) is 23.1 Å². The minimum Gasteiger partial charge on any atom is -0.481 e. The summed E-state index contributed by atoms with van der Waals surface area (Å²) in [5.74, 6) is 3.85. The first-order chi connectivity index (χ1) is 7.69. The topological polar surface area (TPSA) is 71.4 Å². The summed E-state index contributed by atoms with van der Waals surface area (Å²) in [5, 5.41) is 8.40. The van der Waals surface area contributed by atoms with Gasteiger partial charge < -0.3 is 5.11 Å². The maximum absolute atomic E-state index is 10.7. The van der Waals surface area contributed by atoms with Gasteiger partial charge in [-0.1, -0.05) is 30.0 Å². The monoisotopic (exact) mass is 216 g/mol. The van der Waals surface area contributed by atoms with E-state index in [1.165, 1.54) is 12.1 Å². The Morgan fingerprint density at radius 1 is 1.25 bits per heavy atom. The van der Waals surface area contributed by atoms with Crippen molar-refractivity contribution in [2.45, 2.75) is 6.42 Å². The number of benzene rings is 1. The standard InChI is InChI=1S/C12H8O4/c13-7-9-3-1-4-10(8-14)11(9)5-2-6-12(15)16/h1,3-4,7-8H,6H2,(H,15,16). The predicted molar refractivity (Wildman–Crippen MR) is 56.3 cm³/mol. The van der Waals surface area contributed by atoms with E-state index in [4.69, 9.17) is 5.11 Å². The van der Waals surface area contributed by atoms with Crippen molar-refractivity contribution in [3.05, 3.63) is 34.9 Å². The van der Waals surface area contributed by atoms with Crippen molar-refractivity contribution in [1.82, 2.24) is 0 Å². The largest absolute Gasteiger partial charge is 0.481 e. The number of aldehydes is 2. The van der Waals surface area contributed by atoms with Gasteiger partial charge >= 0.3 is 5.97 Å². The molecule has 0 bridgehead atoms. The quantitative estimate of drug-likeness (QED) is 0.607. The average molecular weight is 216 g/mol. The first-order valence-corrected chi connectivity index (χ1v) is 4.43. The van der Waals surface area contributed by atoms with Gasteiger partial charge in [0.25, 0.3) is 0 Å². The highest BCUT2D eigenvalue weighted by Gasteiger charge is 2.04. The van der Waals surface area contributed by atoms with E-state index in [2.05, 4.69) is 11.8 Å². The van der Waals surface area contributed by atoms with Crippen molar-refractivity contribution >= 4 is 18.5 Å². The van der Waals surface area contributed by atoms with E-state index >= 15 is 0 Å². The van der Waals surface area contributed by atoms with Crippen LogP contribution in [0.2, 0.25) is 0 Å². The van der Waals surface area contributed by atoms with Gasteiger partial charge in [-0.15, -0.1) is 0 Å². The second-order valence-corrected chi connectivity index (χ2v) is 2.92. The number of carboxylic acids is 1. The second-order valence-electron chi connectivity index (χ2n) is 2.92. The molecule has 4 nitrogen and oxygen atoms in total. The Morgan fingerprint density at radius 3 is 2.25 bits per heavy atom. The number of hydrogen-bond acceptors (Lipinski definition) is 3. The lowest BCUT2D eigenvalue weighted by Gasteiger charge is -1.99.